The lowest BCUT2D eigenvalue weighted by molar-refractivity contribution is 0.0972. The first-order chi connectivity index (χ1) is 6.20. The van der Waals surface area contributed by atoms with E-state index in [4.69, 9.17) is 0 Å². The minimum absolute atomic E-state index is 0.273. The molecule has 1 aromatic rings. The minimum Gasteiger partial charge on any atom is -0.294 e. The maximum atomic E-state index is 11.5. The van der Waals surface area contributed by atoms with Crippen LogP contribution in [0.5, 0.6) is 0 Å². The van der Waals surface area contributed by atoms with E-state index in [0.29, 0.717) is 6.42 Å². The molecule has 2 rings (SSSR count). The summed E-state index contributed by atoms with van der Waals surface area (Å²) in [6.07, 6.45) is 2.67. The molecule has 0 aliphatic heterocycles. The fourth-order valence-electron chi connectivity index (χ4n) is 1.66. The van der Waals surface area contributed by atoms with Crippen molar-refractivity contribution in [1.29, 1.82) is 0 Å². The standard InChI is InChI=1S/C10H8Br2O/c11-8-5-4-6-7(10(8)12)2-1-3-9(6)13/h4-5H,1-3H2. The Hall–Kier alpha value is -0.150. The van der Waals surface area contributed by atoms with Crippen molar-refractivity contribution in [2.24, 2.45) is 0 Å². The van der Waals surface area contributed by atoms with Crippen LogP contribution in [0.25, 0.3) is 0 Å². The zero-order valence-corrected chi connectivity index (χ0v) is 10.1. The number of Topliss-reactive ketones (excluding diaryl/α,β-unsaturated/α-hetero) is 1. The molecule has 0 aromatic heterocycles. The van der Waals surface area contributed by atoms with E-state index >= 15 is 0 Å². The summed E-state index contributed by atoms with van der Waals surface area (Å²) in [5, 5.41) is 0. The average molecular weight is 304 g/mol. The molecule has 0 fully saturated rings. The van der Waals surface area contributed by atoms with Gasteiger partial charge in [-0.2, -0.15) is 0 Å². The Bertz CT molecular complexity index is 371. The third-order valence-electron chi connectivity index (χ3n) is 2.33. The van der Waals surface area contributed by atoms with Crippen LogP contribution < -0.4 is 0 Å². The molecule has 0 saturated heterocycles. The van der Waals surface area contributed by atoms with Crippen LogP contribution in [0.3, 0.4) is 0 Å². The molecule has 0 unspecified atom stereocenters. The van der Waals surface area contributed by atoms with Crippen molar-refractivity contribution < 1.29 is 4.79 Å². The topological polar surface area (TPSA) is 17.1 Å². The van der Waals surface area contributed by atoms with Gasteiger partial charge in [0.25, 0.3) is 0 Å². The predicted octanol–water partition coefficient (Wildman–Crippen LogP) is 3.73. The average Bonchev–Trinajstić information content (AvgIpc) is 2.12. The van der Waals surface area contributed by atoms with E-state index in [1.165, 1.54) is 0 Å². The maximum Gasteiger partial charge on any atom is 0.163 e. The number of carbonyl (C=O) groups is 1. The van der Waals surface area contributed by atoms with Crippen molar-refractivity contribution in [3.8, 4) is 0 Å². The highest BCUT2D eigenvalue weighted by Crippen LogP contribution is 2.33. The van der Waals surface area contributed by atoms with Gasteiger partial charge >= 0.3 is 0 Å². The number of fused-ring (bicyclic) bond motifs is 1. The van der Waals surface area contributed by atoms with Gasteiger partial charge in [-0.25, -0.2) is 0 Å². The number of ketones is 1. The Labute approximate surface area is 93.8 Å². The molecule has 0 heterocycles. The Morgan fingerprint density at radius 1 is 1.15 bits per heavy atom. The lowest BCUT2D eigenvalue weighted by atomic mass is 9.91. The molecule has 1 aliphatic rings. The fourth-order valence-corrected chi connectivity index (χ4v) is 2.57. The van der Waals surface area contributed by atoms with Gasteiger partial charge in [0, 0.05) is 20.9 Å². The van der Waals surface area contributed by atoms with Gasteiger partial charge in [-0.15, -0.1) is 0 Å². The lowest BCUT2D eigenvalue weighted by Crippen LogP contribution is -2.11. The summed E-state index contributed by atoms with van der Waals surface area (Å²) in [5.41, 5.74) is 2.05. The summed E-state index contributed by atoms with van der Waals surface area (Å²) in [5.74, 6) is 0.273. The number of carbonyl (C=O) groups excluding carboxylic acids is 1. The van der Waals surface area contributed by atoms with E-state index < -0.39 is 0 Å². The van der Waals surface area contributed by atoms with Crippen molar-refractivity contribution in [3.63, 3.8) is 0 Å². The third kappa shape index (κ3) is 1.59. The molecule has 0 radical (unpaired) electrons. The van der Waals surface area contributed by atoms with Gasteiger partial charge in [0.2, 0.25) is 0 Å². The molecule has 1 aromatic carbocycles. The summed E-state index contributed by atoms with van der Waals surface area (Å²) in [7, 11) is 0. The van der Waals surface area contributed by atoms with Crippen LogP contribution in [0.1, 0.15) is 28.8 Å². The molecule has 0 amide bonds. The van der Waals surface area contributed by atoms with Crippen LogP contribution in [0.4, 0.5) is 0 Å². The summed E-state index contributed by atoms with van der Waals surface area (Å²) in [4.78, 5) is 11.5. The van der Waals surface area contributed by atoms with Gasteiger partial charge in [-0.3, -0.25) is 4.79 Å². The van der Waals surface area contributed by atoms with Crippen LogP contribution in [0.2, 0.25) is 0 Å². The van der Waals surface area contributed by atoms with E-state index in [9.17, 15) is 4.79 Å². The SMILES string of the molecule is O=C1CCCc2c1ccc(Br)c2Br. The second kappa shape index (κ2) is 3.54. The minimum atomic E-state index is 0.273. The molecular weight excluding hydrogens is 296 g/mol. The number of halogens is 2. The molecule has 0 N–H and O–H groups in total. The fraction of sp³-hybridized carbons (Fsp3) is 0.300. The molecule has 3 heteroatoms. The molecule has 1 nitrogen and oxygen atoms in total. The van der Waals surface area contributed by atoms with Crippen molar-refractivity contribution in [2.45, 2.75) is 19.3 Å². The Kier molecular flexibility index (Phi) is 2.56. The van der Waals surface area contributed by atoms with E-state index in [1.807, 2.05) is 12.1 Å². The molecular formula is C10H8Br2O. The third-order valence-corrected chi connectivity index (χ3v) is 4.43. The predicted molar refractivity (Wildman–Crippen MR) is 59.1 cm³/mol. The second-order valence-corrected chi connectivity index (χ2v) is 4.81. The number of rotatable bonds is 0. The first-order valence-electron chi connectivity index (χ1n) is 4.20. The normalized spacial score (nSPS) is 15.7. The molecule has 0 bridgehead atoms. The Balaban J connectivity index is 2.63. The van der Waals surface area contributed by atoms with E-state index in [2.05, 4.69) is 31.9 Å². The first-order valence-corrected chi connectivity index (χ1v) is 5.79. The highest BCUT2D eigenvalue weighted by atomic mass is 79.9. The maximum absolute atomic E-state index is 11.5. The number of hydrogen-bond donors (Lipinski definition) is 0. The van der Waals surface area contributed by atoms with E-state index in [0.717, 1.165) is 32.9 Å². The van der Waals surface area contributed by atoms with Gasteiger partial charge < -0.3 is 0 Å². The highest BCUT2D eigenvalue weighted by Gasteiger charge is 2.19. The van der Waals surface area contributed by atoms with Crippen LogP contribution in [0, 0.1) is 0 Å². The summed E-state index contributed by atoms with van der Waals surface area (Å²) in [6, 6.07) is 3.83. The number of hydrogen-bond acceptors (Lipinski definition) is 1. The van der Waals surface area contributed by atoms with Crippen LogP contribution in [0.15, 0.2) is 21.1 Å². The molecule has 68 valence electrons. The zero-order valence-electron chi connectivity index (χ0n) is 6.94. The molecule has 0 atom stereocenters. The quantitative estimate of drug-likeness (QED) is 0.714. The van der Waals surface area contributed by atoms with Crippen LogP contribution in [-0.2, 0) is 6.42 Å². The largest absolute Gasteiger partial charge is 0.294 e. The number of benzene rings is 1. The summed E-state index contributed by atoms with van der Waals surface area (Å²) >= 11 is 6.93. The first kappa shape index (κ1) is 9.41. The highest BCUT2D eigenvalue weighted by molar-refractivity contribution is 9.13. The van der Waals surface area contributed by atoms with Gasteiger partial charge in [0.1, 0.15) is 0 Å². The lowest BCUT2D eigenvalue weighted by Gasteiger charge is -2.16. The van der Waals surface area contributed by atoms with Crippen molar-refractivity contribution in [1.82, 2.24) is 0 Å². The van der Waals surface area contributed by atoms with Crippen LogP contribution in [-0.4, -0.2) is 5.78 Å². The van der Waals surface area contributed by atoms with Gasteiger partial charge in [0.05, 0.1) is 0 Å². The van der Waals surface area contributed by atoms with Crippen molar-refractivity contribution in [2.75, 3.05) is 0 Å². The Morgan fingerprint density at radius 3 is 2.69 bits per heavy atom. The van der Waals surface area contributed by atoms with Crippen LogP contribution >= 0.6 is 31.9 Å². The molecule has 13 heavy (non-hydrogen) atoms. The van der Waals surface area contributed by atoms with Gasteiger partial charge in [-0.1, -0.05) is 0 Å². The Morgan fingerprint density at radius 2 is 1.92 bits per heavy atom. The molecule has 0 spiro atoms. The summed E-state index contributed by atoms with van der Waals surface area (Å²) in [6.45, 7) is 0. The monoisotopic (exact) mass is 302 g/mol. The smallest absolute Gasteiger partial charge is 0.163 e. The van der Waals surface area contributed by atoms with Crippen molar-refractivity contribution >= 4 is 37.6 Å². The van der Waals surface area contributed by atoms with Gasteiger partial charge in [0.15, 0.2) is 5.78 Å². The van der Waals surface area contributed by atoms with E-state index in [-0.39, 0.29) is 5.78 Å². The molecule has 1 aliphatic carbocycles. The molecule has 0 saturated carbocycles. The zero-order chi connectivity index (χ0) is 9.42. The van der Waals surface area contributed by atoms with Crippen molar-refractivity contribution in [3.05, 3.63) is 32.2 Å². The second-order valence-electron chi connectivity index (χ2n) is 3.16. The summed E-state index contributed by atoms with van der Waals surface area (Å²) < 4.78 is 2.07. The van der Waals surface area contributed by atoms with E-state index in [1.54, 1.807) is 0 Å². The van der Waals surface area contributed by atoms with Gasteiger partial charge in [-0.05, 0) is 62.4 Å².